The highest BCUT2D eigenvalue weighted by Gasteiger charge is 2.49. The third-order valence-electron chi connectivity index (χ3n) is 5.01. The van der Waals surface area contributed by atoms with Crippen LogP contribution in [0.15, 0.2) is 24.3 Å². The van der Waals surface area contributed by atoms with Gasteiger partial charge in [0.2, 0.25) is 5.91 Å². The van der Waals surface area contributed by atoms with E-state index in [1.54, 1.807) is 18.2 Å². The lowest BCUT2D eigenvalue weighted by molar-refractivity contribution is -0.127. The summed E-state index contributed by atoms with van der Waals surface area (Å²) in [5.74, 6) is 1.26. The van der Waals surface area contributed by atoms with Crippen molar-refractivity contribution < 1.29 is 9.90 Å². The maximum Gasteiger partial charge on any atom is 0.225 e. The monoisotopic (exact) mass is 274 g/mol. The van der Waals surface area contributed by atoms with Gasteiger partial charge in [-0.25, -0.2) is 0 Å². The smallest absolute Gasteiger partial charge is 0.225 e. The Morgan fingerprint density at radius 1 is 1.40 bits per heavy atom. The second-order valence-electron chi connectivity index (χ2n) is 6.26. The minimum absolute atomic E-state index is 0.0186. The fourth-order valence-corrected chi connectivity index (χ4v) is 3.91. The van der Waals surface area contributed by atoms with Crippen LogP contribution < -0.4 is 11.1 Å². The SMILES string of the molecule is CC(NC(=O)C1C2CCC(C2)C1N)c1cccc(O)c1. The Kier molecular flexibility index (Phi) is 3.42. The number of phenols is 1. The largest absolute Gasteiger partial charge is 0.508 e. The van der Waals surface area contributed by atoms with Gasteiger partial charge in [-0.2, -0.15) is 0 Å². The zero-order valence-corrected chi connectivity index (χ0v) is 11.8. The van der Waals surface area contributed by atoms with Crippen LogP contribution >= 0.6 is 0 Å². The van der Waals surface area contributed by atoms with Crippen molar-refractivity contribution in [3.05, 3.63) is 29.8 Å². The highest BCUT2D eigenvalue weighted by Crippen LogP contribution is 2.47. The van der Waals surface area contributed by atoms with Gasteiger partial charge in [-0.05, 0) is 55.7 Å². The summed E-state index contributed by atoms with van der Waals surface area (Å²) in [5.41, 5.74) is 7.11. The lowest BCUT2D eigenvalue weighted by Crippen LogP contribution is -2.45. The number of carbonyl (C=O) groups is 1. The van der Waals surface area contributed by atoms with Gasteiger partial charge < -0.3 is 16.2 Å². The van der Waals surface area contributed by atoms with Crippen molar-refractivity contribution in [2.24, 2.45) is 23.5 Å². The van der Waals surface area contributed by atoms with Gasteiger partial charge in [0.1, 0.15) is 5.75 Å². The van der Waals surface area contributed by atoms with Gasteiger partial charge in [0.15, 0.2) is 0 Å². The molecule has 0 aromatic heterocycles. The quantitative estimate of drug-likeness (QED) is 0.788. The minimum atomic E-state index is -0.110. The van der Waals surface area contributed by atoms with Gasteiger partial charge in [-0.15, -0.1) is 0 Å². The van der Waals surface area contributed by atoms with Crippen molar-refractivity contribution in [1.82, 2.24) is 5.32 Å². The number of nitrogens with one attached hydrogen (secondary N) is 1. The molecule has 2 aliphatic carbocycles. The molecule has 0 heterocycles. The molecule has 0 spiro atoms. The van der Waals surface area contributed by atoms with E-state index in [1.807, 2.05) is 13.0 Å². The average Bonchev–Trinajstić information content (AvgIpc) is 2.99. The van der Waals surface area contributed by atoms with Crippen LogP contribution in [0.2, 0.25) is 0 Å². The van der Waals surface area contributed by atoms with Crippen molar-refractivity contribution >= 4 is 5.91 Å². The van der Waals surface area contributed by atoms with Crippen molar-refractivity contribution in [2.45, 2.75) is 38.3 Å². The van der Waals surface area contributed by atoms with E-state index in [0.717, 1.165) is 18.4 Å². The predicted molar refractivity (Wildman–Crippen MR) is 77.0 cm³/mol. The molecule has 0 saturated heterocycles. The van der Waals surface area contributed by atoms with E-state index < -0.39 is 0 Å². The summed E-state index contributed by atoms with van der Waals surface area (Å²) in [5, 5.41) is 12.6. The first-order valence-corrected chi connectivity index (χ1v) is 7.41. The van der Waals surface area contributed by atoms with E-state index in [1.165, 1.54) is 6.42 Å². The molecule has 2 fully saturated rings. The number of carbonyl (C=O) groups excluding carboxylic acids is 1. The Bertz CT molecular complexity index is 515. The predicted octanol–water partition coefficient (Wildman–Crippen LogP) is 1.94. The molecule has 4 N–H and O–H groups in total. The molecule has 0 radical (unpaired) electrons. The van der Waals surface area contributed by atoms with Crippen molar-refractivity contribution in [3.63, 3.8) is 0 Å². The first-order chi connectivity index (χ1) is 9.56. The highest BCUT2D eigenvalue weighted by molar-refractivity contribution is 5.80. The van der Waals surface area contributed by atoms with E-state index in [0.29, 0.717) is 11.8 Å². The van der Waals surface area contributed by atoms with E-state index >= 15 is 0 Å². The number of nitrogens with two attached hydrogens (primary N) is 1. The molecule has 2 saturated carbocycles. The van der Waals surface area contributed by atoms with Crippen molar-refractivity contribution in [1.29, 1.82) is 0 Å². The van der Waals surface area contributed by atoms with Gasteiger partial charge in [0.25, 0.3) is 0 Å². The number of hydrogen-bond donors (Lipinski definition) is 3. The molecule has 1 amide bonds. The van der Waals surface area contributed by atoms with Crippen LogP contribution in [0.25, 0.3) is 0 Å². The molecule has 5 atom stereocenters. The van der Waals surface area contributed by atoms with Gasteiger partial charge >= 0.3 is 0 Å². The maximum atomic E-state index is 12.5. The first kappa shape index (κ1) is 13.4. The van der Waals surface area contributed by atoms with Crippen LogP contribution in [-0.2, 0) is 4.79 Å². The molecule has 1 aromatic rings. The third kappa shape index (κ3) is 2.29. The summed E-state index contributed by atoms with van der Waals surface area (Å²) in [6.07, 6.45) is 3.43. The van der Waals surface area contributed by atoms with Gasteiger partial charge in [0, 0.05) is 6.04 Å². The van der Waals surface area contributed by atoms with E-state index in [9.17, 15) is 9.90 Å². The highest BCUT2D eigenvalue weighted by atomic mass is 16.3. The molecule has 3 rings (SSSR count). The van der Waals surface area contributed by atoms with Gasteiger partial charge in [-0.1, -0.05) is 12.1 Å². The number of aromatic hydroxyl groups is 1. The second kappa shape index (κ2) is 5.09. The molecule has 5 unspecified atom stereocenters. The van der Waals surface area contributed by atoms with Gasteiger partial charge in [0.05, 0.1) is 12.0 Å². The standard InChI is InChI=1S/C16H22N2O2/c1-9(10-3-2-4-13(19)8-10)18-16(20)14-11-5-6-12(7-11)15(14)17/h2-4,8-9,11-12,14-15,19H,5-7,17H2,1H3,(H,18,20). The van der Waals surface area contributed by atoms with Crippen LogP contribution in [0.5, 0.6) is 5.75 Å². The average molecular weight is 274 g/mol. The molecule has 20 heavy (non-hydrogen) atoms. The fourth-order valence-electron chi connectivity index (χ4n) is 3.91. The first-order valence-electron chi connectivity index (χ1n) is 7.41. The number of rotatable bonds is 3. The molecule has 0 aliphatic heterocycles. The number of hydrogen-bond acceptors (Lipinski definition) is 3. The number of benzene rings is 1. The Labute approximate surface area is 119 Å². The van der Waals surface area contributed by atoms with Gasteiger partial charge in [-0.3, -0.25) is 4.79 Å². The molecule has 2 bridgehead atoms. The van der Waals surface area contributed by atoms with Crippen LogP contribution in [0.4, 0.5) is 0 Å². The fraction of sp³-hybridized carbons (Fsp3) is 0.562. The summed E-state index contributed by atoms with van der Waals surface area (Å²) >= 11 is 0. The van der Waals surface area contributed by atoms with E-state index in [4.69, 9.17) is 5.73 Å². The number of amides is 1. The number of phenolic OH excluding ortho intramolecular Hbond substituents is 1. The van der Waals surface area contributed by atoms with Crippen LogP contribution in [0, 0.1) is 17.8 Å². The Morgan fingerprint density at radius 3 is 2.80 bits per heavy atom. The molecule has 2 aliphatic rings. The molecule has 4 heteroatoms. The Morgan fingerprint density at radius 2 is 2.15 bits per heavy atom. The molecule has 1 aromatic carbocycles. The summed E-state index contributed by atoms with van der Waals surface area (Å²) in [6.45, 7) is 1.94. The normalized spacial score (nSPS) is 33.1. The Balaban J connectivity index is 1.67. The maximum absolute atomic E-state index is 12.5. The van der Waals surface area contributed by atoms with E-state index in [-0.39, 0.29) is 29.7 Å². The molecular weight excluding hydrogens is 252 g/mol. The molecular formula is C16H22N2O2. The van der Waals surface area contributed by atoms with Crippen LogP contribution in [-0.4, -0.2) is 17.1 Å². The third-order valence-corrected chi connectivity index (χ3v) is 5.01. The van der Waals surface area contributed by atoms with E-state index in [2.05, 4.69) is 5.32 Å². The van der Waals surface area contributed by atoms with Crippen molar-refractivity contribution in [2.75, 3.05) is 0 Å². The summed E-state index contributed by atoms with van der Waals surface area (Å²) in [6, 6.07) is 6.92. The second-order valence-corrected chi connectivity index (χ2v) is 6.26. The number of fused-ring (bicyclic) bond motifs is 2. The molecule has 108 valence electrons. The summed E-state index contributed by atoms with van der Waals surface area (Å²) in [4.78, 5) is 12.5. The summed E-state index contributed by atoms with van der Waals surface area (Å²) < 4.78 is 0. The lowest BCUT2D eigenvalue weighted by Gasteiger charge is -2.28. The Hall–Kier alpha value is -1.55. The lowest BCUT2D eigenvalue weighted by atomic mass is 9.84. The topological polar surface area (TPSA) is 75.4 Å². The molecule has 4 nitrogen and oxygen atoms in total. The minimum Gasteiger partial charge on any atom is -0.508 e. The summed E-state index contributed by atoms with van der Waals surface area (Å²) in [7, 11) is 0. The zero-order valence-electron chi connectivity index (χ0n) is 11.8. The zero-order chi connectivity index (χ0) is 14.3. The van der Waals surface area contributed by atoms with Crippen molar-refractivity contribution in [3.8, 4) is 5.75 Å². The van der Waals surface area contributed by atoms with Crippen LogP contribution in [0.1, 0.15) is 37.8 Å². The van der Waals surface area contributed by atoms with Crippen LogP contribution in [0.3, 0.4) is 0 Å².